The fourth-order valence-electron chi connectivity index (χ4n) is 2.34. The lowest BCUT2D eigenvalue weighted by Gasteiger charge is -2.10. The fourth-order valence-corrected chi connectivity index (χ4v) is 2.34. The Morgan fingerprint density at radius 2 is 1.36 bits per heavy atom. The molecule has 2 aromatic carbocycles. The first kappa shape index (κ1) is 18.2. The molecule has 0 aliphatic heterocycles. The average molecular weight is 339 g/mol. The summed E-state index contributed by atoms with van der Waals surface area (Å²) in [6.07, 6.45) is -0.277. The lowest BCUT2D eigenvalue weighted by molar-refractivity contribution is -0.123. The molecule has 0 aliphatic carbocycles. The zero-order valence-corrected chi connectivity index (χ0v) is 14.5. The van der Waals surface area contributed by atoms with Crippen LogP contribution in [0.1, 0.15) is 24.5 Å². The highest BCUT2D eigenvalue weighted by molar-refractivity contribution is 6.08. The Morgan fingerprint density at radius 3 is 1.92 bits per heavy atom. The molecule has 2 aromatic rings. The summed E-state index contributed by atoms with van der Waals surface area (Å²) in [6, 6.07) is 12.3. The van der Waals surface area contributed by atoms with Gasteiger partial charge >= 0.3 is 0 Å². The van der Waals surface area contributed by atoms with Gasteiger partial charge in [-0.3, -0.25) is 14.4 Å². The molecule has 130 valence electrons. The first-order valence-electron chi connectivity index (χ1n) is 7.88. The van der Waals surface area contributed by atoms with Crippen LogP contribution in [-0.4, -0.2) is 17.7 Å². The molecular formula is C19H21N3O3. The first-order chi connectivity index (χ1) is 11.8. The van der Waals surface area contributed by atoms with Crippen molar-refractivity contribution in [3.05, 3.63) is 53.6 Å². The first-order valence-corrected chi connectivity index (χ1v) is 7.88. The Morgan fingerprint density at radius 1 is 0.800 bits per heavy atom. The molecule has 6 nitrogen and oxygen atoms in total. The van der Waals surface area contributed by atoms with Gasteiger partial charge in [0.2, 0.25) is 17.7 Å². The predicted molar refractivity (Wildman–Crippen MR) is 98.5 cm³/mol. The molecule has 0 bridgehead atoms. The Balaban J connectivity index is 1.88. The van der Waals surface area contributed by atoms with E-state index in [1.54, 1.807) is 24.3 Å². The van der Waals surface area contributed by atoms with Gasteiger partial charge in [0.25, 0.3) is 0 Å². The minimum Gasteiger partial charge on any atom is -0.326 e. The maximum Gasteiger partial charge on any atom is 0.233 e. The van der Waals surface area contributed by atoms with Gasteiger partial charge in [0.1, 0.15) is 6.42 Å². The van der Waals surface area contributed by atoms with E-state index in [0.29, 0.717) is 17.1 Å². The normalized spacial score (nSPS) is 10.0. The van der Waals surface area contributed by atoms with Crippen LogP contribution in [0.2, 0.25) is 0 Å². The minimum absolute atomic E-state index is 0.167. The van der Waals surface area contributed by atoms with E-state index in [1.807, 2.05) is 32.0 Å². The van der Waals surface area contributed by atoms with Gasteiger partial charge in [0.05, 0.1) is 0 Å². The number of anilines is 3. The molecule has 0 fully saturated rings. The third kappa shape index (κ3) is 5.76. The summed E-state index contributed by atoms with van der Waals surface area (Å²) in [5.41, 5.74) is 3.94. The van der Waals surface area contributed by atoms with Crippen LogP contribution in [0.25, 0.3) is 0 Å². The number of aryl methyl sites for hydroxylation is 2. The Bertz CT molecular complexity index is 798. The number of carbonyl (C=O) groups excluding carboxylic acids is 3. The van der Waals surface area contributed by atoms with Gasteiger partial charge < -0.3 is 16.0 Å². The van der Waals surface area contributed by atoms with Crippen molar-refractivity contribution in [2.24, 2.45) is 0 Å². The smallest absolute Gasteiger partial charge is 0.233 e. The third-order valence-corrected chi connectivity index (χ3v) is 3.47. The fraction of sp³-hybridized carbons (Fsp3) is 0.211. The number of amides is 3. The van der Waals surface area contributed by atoms with Crippen LogP contribution in [0.4, 0.5) is 17.1 Å². The molecule has 3 amide bonds. The topological polar surface area (TPSA) is 87.3 Å². The number of carbonyl (C=O) groups is 3. The largest absolute Gasteiger partial charge is 0.326 e. The van der Waals surface area contributed by atoms with Crippen LogP contribution in [0.15, 0.2) is 42.5 Å². The summed E-state index contributed by atoms with van der Waals surface area (Å²) in [4.78, 5) is 34.9. The van der Waals surface area contributed by atoms with Crippen LogP contribution in [-0.2, 0) is 14.4 Å². The highest BCUT2D eigenvalue weighted by atomic mass is 16.2. The van der Waals surface area contributed by atoms with E-state index < -0.39 is 5.91 Å². The number of hydrogen-bond acceptors (Lipinski definition) is 3. The second-order valence-corrected chi connectivity index (χ2v) is 5.85. The molecule has 0 atom stereocenters. The van der Waals surface area contributed by atoms with Crippen LogP contribution < -0.4 is 16.0 Å². The molecule has 0 unspecified atom stereocenters. The molecular weight excluding hydrogens is 318 g/mol. The second kappa shape index (κ2) is 8.10. The van der Waals surface area contributed by atoms with Gasteiger partial charge in [0, 0.05) is 24.0 Å². The van der Waals surface area contributed by atoms with Crippen molar-refractivity contribution in [3.8, 4) is 0 Å². The monoisotopic (exact) mass is 339 g/mol. The van der Waals surface area contributed by atoms with E-state index in [0.717, 1.165) is 11.1 Å². The van der Waals surface area contributed by atoms with Crippen LogP contribution in [0.3, 0.4) is 0 Å². The van der Waals surface area contributed by atoms with Gasteiger partial charge in [-0.05, 0) is 49.7 Å². The van der Waals surface area contributed by atoms with Crippen molar-refractivity contribution in [2.75, 3.05) is 16.0 Å². The number of benzene rings is 2. The highest BCUT2D eigenvalue weighted by Crippen LogP contribution is 2.17. The summed E-state index contributed by atoms with van der Waals surface area (Å²) >= 11 is 0. The molecule has 0 aromatic heterocycles. The number of hydrogen-bond donors (Lipinski definition) is 3. The molecule has 0 spiro atoms. The minimum atomic E-state index is -0.408. The lowest BCUT2D eigenvalue weighted by atomic mass is 10.1. The summed E-state index contributed by atoms with van der Waals surface area (Å²) < 4.78 is 0. The van der Waals surface area contributed by atoms with Crippen LogP contribution in [0, 0.1) is 13.8 Å². The van der Waals surface area contributed by atoms with Gasteiger partial charge in [0.15, 0.2) is 0 Å². The van der Waals surface area contributed by atoms with E-state index in [9.17, 15) is 14.4 Å². The van der Waals surface area contributed by atoms with Crippen molar-refractivity contribution in [1.82, 2.24) is 0 Å². The van der Waals surface area contributed by atoms with Crippen molar-refractivity contribution in [2.45, 2.75) is 27.2 Å². The molecule has 25 heavy (non-hydrogen) atoms. The van der Waals surface area contributed by atoms with Gasteiger partial charge in [-0.15, -0.1) is 0 Å². The molecule has 0 saturated heterocycles. The number of nitrogens with one attached hydrogen (secondary N) is 3. The predicted octanol–water partition coefficient (Wildman–Crippen LogP) is 3.23. The summed E-state index contributed by atoms with van der Waals surface area (Å²) in [6.45, 7) is 5.30. The Hall–Kier alpha value is -3.15. The van der Waals surface area contributed by atoms with E-state index in [2.05, 4.69) is 16.0 Å². The SMILES string of the molecule is CC(=O)Nc1ccc(NC(=O)CC(=O)Nc2ccc(C)cc2C)cc1. The van der Waals surface area contributed by atoms with E-state index >= 15 is 0 Å². The maximum atomic E-state index is 12.0. The zero-order valence-electron chi connectivity index (χ0n) is 14.5. The van der Waals surface area contributed by atoms with Crippen LogP contribution in [0.5, 0.6) is 0 Å². The van der Waals surface area contributed by atoms with Crippen molar-refractivity contribution < 1.29 is 14.4 Å². The number of rotatable bonds is 5. The third-order valence-electron chi connectivity index (χ3n) is 3.47. The molecule has 0 aliphatic rings. The molecule has 3 N–H and O–H groups in total. The van der Waals surface area contributed by atoms with E-state index in [-0.39, 0.29) is 18.2 Å². The molecule has 6 heteroatoms. The standard InChI is InChI=1S/C19H21N3O3/c1-12-4-9-17(13(2)10-12)22-19(25)11-18(24)21-16-7-5-15(6-8-16)20-14(3)23/h4-10H,11H2,1-3H3,(H,20,23)(H,21,24)(H,22,25). The van der Waals surface area contributed by atoms with Crippen LogP contribution >= 0.6 is 0 Å². The van der Waals surface area contributed by atoms with Gasteiger partial charge in [-0.1, -0.05) is 17.7 Å². The highest BCUT2D eigenvalue weighted by Gasteiger charge is 2.11. The molecule has 0 saturated carbocycles. The quantitative estimate of drug-likeness (QED) is 0.731. The molecule has 0 radical (unpaired) electrons. The molecule has 0 heterocycles. The molecule has 2 rings (SSSR count). The van der Waals surface area contributed by atoms with Gasteiger partial charge in [-0.2, -0.15) is 0 Å². The average Bonchev–Trinajstić information content (AvgIpc) is 2.51. The maximum absolute atomic E-state index is 12.0. The van der Waals surface area contributed by atoms with Crippen molar-refractivity contribution >= 4 is 34.8 Å². The van der Waals surface area contributed by atoms with Crippen molar-refractivity contribution in [3.63, 3.8) is 0 Å². The van der Waals surface area contributed by atoms with E-state index in [1.165, 1.54) is 6.92 Å². The Kier molecular flexibility index (Phi) is 5.89. The van der Waals surface area contributed by atoms with Gasteiger partial charge in [-0.25, -0.2) is 0 Å². The zero-order chi connectivity index (χ0) is 18.4. The second-order valence-electron chi connectivity index (χ2n) is 5.85. The summed E-state index contributed by atoms with van der Waals surface area (Å²) in [5, 5.41) is 8.03. The van der Waals surface area contributed by atoms with E-state index in [4.69, 9.17) is 0 Å². The Labute approximate surface area is 146 Å². The summed E-state index contributed by atoms with van der Waals surface area (Å²) in [5.74, 6) is -0.950. The lowest BCUT2D eigenvalue weighted by Crippen LogP contribution is -2.21. The summed E-state index contributed by atoms with van der Waals surface area (Å²) in [7, 11) is 0. The van der Waals surface area contributed by atoms with Crippen molar-refractivity contribution in [1.29, 1.82) is 0 Å².